The molecule has 6 heteroatoms. The monoisotopic (exact) mass is 230 g/mol. The van der Waals surface area contributed by atoms with Crippen LogP contribution in [-0.2, 0) is 9.59 Å². The zero-order valence-electron chi connectivity index (χ0n) is 8.40. The van der Waals surface area contributed by atoms with Gasteiger partial charge in [-0.05, 0) is 6.92 Å². The van der Waals surface area contributed by atoms with Crippen molar-refractivity contribution in [1.29, 1.82) is 0 Å². The van der Waals surface area contributed by atoms with Gasteiger partial charge < -0.3 is 16.2 Å². The highest BCUT2D eigenvalue weighted by atomic mass is 32.2. The first kappa shape index (κ1) is 13.8. The van der Waals surface area contributed by atoms with E-state index >= 15 is 0 Å². The van der Waals surface area contributed by atoms with Gasteiger partial charge in [-0.15, -0.1) is 18.2 Å². The van der Waals surface area contributed by atoms with Crippen LogP contribution in [0.4, 0.5) is 0 Å². The van der Waals surface area contributed by atoms with E-state index in [0.29, 0.717) is 0 Å². The highest BCUT2D eigenvalue weighted by Crippen LogP contribution is 2.11. The van der Waals surface area contributed by atoms with Crippen LogP contribution >= 0.6 is 11.8 Å². The molecular weight excluding hydrogens is 216 g/mol. The molecule has 0 unspecified atom stereocenters. The van der Waals surface area contributed by atoms with Gasteiger partial charge in [0.1, 0.15) is 6.04 Å². The number of hydrogen-bond donors (Lipinski definition) is 3. The minimum Gasteiger partial charge on any atom is -0.480 e. The molecule has 1 amide bonds. The SMILES string of the molecule is C#CCNC(=O)[C@@H](C)SC[C@H](N)C(=O)O. The Kier molecular flexibility index (Phi) is 6.58. The molecule has 2 atom stereocenters. The molecule has 4 N–H and O–H groups in total. The third-order valence-corrected chi connectivity index (χ3v) is 2.84. The van der Waals surface area contributed by atoms with Crippen LogP contribution in [0, 0.1) is 12.3 Å². The highest BCUT2D eigenvalue weighted by molar-refractivity contribution is 8.00. The number of carbonyl (C=O) groups excluding carboxylic acids is 1. The molecular formula is C9H14N2O3S. The van der Waals surface area contributed by atoms with Gasteiger partial charge in [-0.3, -0.25) is 9.59 Å². The summed E-state index contributed by atoms with van der Waals surface area (Å²) < 4.78 is 0. The fraction of sp³-hybridized carbons (Fsp3) is 0.556. The molecule has 0 spiro atoms. The summed E-state index contributed by atoms with van der Waals surface area (Å²) in [6.45, 7) is 1.85. The number of aliphatic carboxylic acids is 1. The normalized spacial score (nSPS) is 13.7. The average molecular weight is 230 g/mol. The van der Waals surface area contributed by atoms with Crippen LogP contribution < -0.4 is 11.1 Å². The summed E-state index contributed by atoms with van der Waals surface area (Å²) in [6.07, 6.45) is 4.97. The summed E-state index contributed by atoms with van der Waals surface area (Å²) in [5.74, 6) is 1.19. The number of hydrogen-bond acceptors (Lipinski definition) is 4. The molecule has 5 nitrogen and oxygen atoms in total. The van der Waals surface area contributed by atoms with Gasteiger partial charge >= 0.3 is 5.97 Å². The maximum atomic E-state index is 11.3. The predicted molar refractivity (Wildman–Crippen MR) is 59.4 cm³/mol. The summed E-state index contributed by atoms with van der Waals surface area (Å²) >= 11 is 1.18. The van der Waals surface area contributed by atoms with Crippen molar-refractivity contribution in [3.05, 3.63) is 0 Å². The Morgan fingerprint density at radius 2 is 2.27 bits per heavy atom. The third-order valence-electron chi connectivity index (χ3n) is 1.58. The maximum absolute atomic E-state index is 11.3. The van der Waals surface area contributed by atoms with Crippen molar-refractivity contribution in [1.82, 2.24) is 5.32 Å². The number of terminal acetylenes is 1. The summed E-state index contributed by atoms with van der Waals surface area (Å²) in [5, 5.41) is 10.7. The van der Waals surface area contributed by atoms with Crippen molar-refractivity contribution in [2.75, 3.05) is 12.3 Å². The predicted octanol–water partition coefficient (Wildman–Crippen LogP) is -0.731. The Balaban J connectivity index is 3.83. The van der Waals surface area contributed by atoms with E-state index in [1.807, 2.05) is 0 Å². The Morgan fingerprint density at radius 3 is 2.73 bits per heavy atom. The molecule has 0 aromatic heterocycles. The van der Waals surface area contributed by atoms with Gasteiger partial charge in [-0.1, -0.05) is 5.92 Å². The lowest BCUT2D eigenvalue weighted by Gasteiger charge is -2.12. The van der Waals surface area contributed by atoms with Crippen LogP contribution in [0.15, 0.2) is 0 Å². The Hall–Kier alpha value is -1.19. The lowest BCUT2D eigenvalue weighted by Crippen LogP contribution is -2.36. The molecule has 0 saturated carbocycles. The lowest BCUT2D eigenvalue weighted by atomic mass is 10.4. The van der Waals surface area contributed by atoms with E-state index in [1.165, 1.54) is 11.8 Å². The molecule has 0 aliphatic carbocycles. The van der Waals surface area contributed by atoms with Crippen LogP contribution in [0.3, 0.4) is 0 Å². The van der Waals surface area contributed by atoms with Gasteiger partial charge in [0.2, 0.25) is 5.91 Å². The number of nitrogens with one attached hydrogen (secondary N) is 1. The summed E-state index contributed by atoms with van der Waals surface area (Å²) in [6, 6.07) is -0.946. The van der Waals surface area contributed by atoms with E-state index < -0.39 is 12.0 Å². The van der Waals surface area contributed by atoms with Crippen molar-refractivity contribution < 1.29 is 14.7 Å². The molecule has 15 heavy (non-hydrogen) atoms. The van der Waals surface area contributed by atoms with Crippen LogP contribution in [0.2, 0.25) is 0 Å². The van der Waals surface area contributed by atoms with Gasteiger partial charge in [0.25, 0.3) is 0 Å². The molecule has 0 aliphatic rings. The van der Waals surface area contributed by atoms with Crippen molar-refractivity contribution >= 4 is 23.6 Å². The van der Waals surface area contributed by atoms with Crippen molar-refractivity contribution in [3.8, 4) is 12.3 Å². The van der Waals surface area contributed by atoms with Crippen molar-refractivity contribution in [3.63, 3.8) is 0 Å². The molecule has 0 aromatic carbocycles. The van der Waals surface area contributed by atoms with E-state index in [4.69, 9.17) is 17.3 Å². The first-order valence-corrected chi connectivity index (χ1v) is 5.35. The minimum atomic E-state index is -1.07. The highest BCUT2D eigenvalue weighted by Gasteiger charge is 2.17. The fourth-order valence-corrected chi connectivity index (χ4v) is 1.55. The molecule has 0 fully saturated rings. The van der Waals surface area contributed by atoms with E-state index in [0.717, 1.165) is 0 Å². The van der Waals surface area contributed by atoms with E-state index in [2.05, 4.69) is 11.2 Å². The molecule has 0 aromatic rings. The fourth-order valence-electron chi connectivity index (χ4n) is 0.677. The number of carboxylic acid groups (broad SMARTS) is 1. The molecule has 0 aliphatic heterocycles. The van der Waals surface area contributed by atoms with Crippen LogP contribution in [-0.4, -0.2) is 40.6 Å². The maximum Gasteiger partial charge on any atom is 0.321 e. The molecule has 0 rings (SSSR count). The van der Waals surface area contributed by atoms with Gasteiger partial charge in [-0.2, -0.15) is 0 Å². The number of carboxylic acids is 1. The average Bonchev–Trinajstić information content (AvgIpc) is 2.21. The van der Waals surface area contributed by atoms with Crippen LogP contribution in [0.25, 0.3) is 0 Å². The molecule has 84 valence electrons. The smallest absolute Gasteiger partial charge is 0.321 e. The second kappa shape index (κ2) is 7.15. The Morgan fingerprint density at radius 1 is 1.67 bits per heavy atom. The van der Waals surface area contributed by atoms with Gasteiger partial charge in [0.05, 0.1) is 11.8 Å². The number of nitrogens with two attached hydrogens (primary N) is 1. The number of carbonyl (C=O) groups is 2. The Bertz CT molecular complexity index is 275. The number of thioether (sulfide) groups is 1. The third kappa shape index (κ3) is 5.99. The van der Waals surface area contributed by atoms with Crippen LogP contribution in [0.5, 0.6) is 0 Å². The second-order valence-electron chi connectivity index (χ2n) is 2.84. The Labute approximate surface area is 92.8 Å². The van der Waals surface area contributed by atoms with Crippen molar-refractivity contribution in [2.24, 2.45) is 5.73 Å². The topological polar surface area (TPSA) is 92.4 Å². The van der Waals surface area contributed by atoms with E-state index in [9.17, 15) is 9.59 Å². The molecule has 0 radical (unpaired) electrons. The first-order chi connectivity index (χ1) is 6.99. The van der Waals surface area contributed by atoms with Gasteiger partial charge in [0.15, 0.2) is 0 Å². The zero-order valence-corrected chi connectivity index (χ0v) is 9.21. The number of rotatable bonds is 6. The molecule has 0 bridgehead atoms. The molecule has 0 saturated heterocycles. The summed E-state index contributed by atoms with van der Waals surface area (Å²) in [4.78, 5) is 21.7. The lowest BCUT2D eigenvalue weighted by molar-refractivity contribution is -0.138. The number of amides is 1. The standard InChI is InChI=1S/C9H14N2O3S/c1-3-4-11-8(12)6(2)15-5-7(10)9(13)14/h1,6-7H,4-5,10H2,2H3,(H,11,12)(H,13,14)/t6-,7+/m1/s1. The largest absolute Gasteiger partial charge is 0.480 e. The summed E-state index contributed by atoms with van der Waals surface area (Å²) in [5.41, 5.74) is 5.28. The van der Waals surface area contributed by atoms with Gasteiger partial charge in [0, 0.05) is 5.75 Å². The quantitative estimate of drug-likeness (QED) is 0.523. The van der Waals surface area contributed by atoms with E-state index in [-0.39, 0.29) is 23.5 Å². The zero-order chi connectivity index (χ0) is 11.8. The van der Waals surface area contributed by atoms with E-state index in [1.54, 1.807) is 6.92 Å². The summed E-state index contributed by atoms with van der Waals surface area (Å²) in [7, 11) is 0. The molecule has 0 heterocycles. The van der Waals surface area contributed by atoms with Crippen LogP contribution in [0.1, 0.15) is 6.92 Å². The minimum absolute atomic E-state index is 0.175. The van der Waals surface area contributed by atoms with Crippen molar-refractivity contribution in [2.45, 2.75) is 18.2 Å². The first-order valence-electron chi connectivity index (χ1n) is 4.30. The second-order valence-corrected chi connectivity index (χ2v) is 4.22. The van der Waals surface area contributed by atoms with Gasteiger partial charge in [-0.25, -0.2) is 0 Å².